The molecule has 0 spiro atoms. The Morgan fingerprint density at radius 3 is 2.48 bits per heavy atom. The van der Waals surface area contributed by atoms with Gasteiger partial charge in [-0.2, -0.15) is 0 Å². The summed E-state index contributed by atoms with van der Waals surface area (Å²) in [5.74, 6) is 0.867. The Balaban J connectivity index is 1.41. The van der Waals surface area contributed by atoms with Crippen molar-refractivity contribution in [3.8, 4) is 0 Å². The first-order chi connectivity index (χ1) is 14.0. The summed E-state index contributed by atoms with van der Waals surface area (Å²) in [7, 11) is 1.89. The lowest BCUT2D eigenvalue weighted by atomic mass is 10.0. The van der Waals surface area contributed by atoms with Crippen LogP contribution in [0.4, 0.5) is 10.5 Å². The molecule has 154 valence electrons. The van der Waals surface area contributed by atoms with E-state index >= 15 is 0 Å². The molecule has 3 heterocycles. The molecule has 0 bridgehead atoms. The second kappa shape index (κ2) is 8.23. The SMILES string of the molecule is C[C@H]1CCCCN1C(=O)c1ccc(NC(=O)N2CCC[C@@H]2c2nncn2C)cc1. The van der Waals surface area contributed by atoms with Crippen LogP contribution in [-0.2, 0) is 7.05 Å². The van der Waals surface area contributed by atoms with Crippen molar-refractivity contribution in [1.29, 1.82) is 0 Å². The first kappa shape index (κ1) is 19.4. The topological polar surface area (TPSA) is 83.4 Å². The molecule has 3 amide bonds. The van der Waals surface area contributed by atoms with Gasteiger partial charge in [0, 0.05) is 37.4 Å². The highest BCUT2D eigenvalue weighted by Crippen LogP contribution is 2.31. The molecule has 0 radical (unpaired) electrons. The van der Waals surface area contributed by atoms with Crippen molar-refractivity contribution < 1.29 is 9.59 Å². The number of benzene rings is 1. The summed E-state index contributed by atoms with van der Waals surface area (Å²) in [4.78, 5) is 29.4. The van der Waals surface area contributed by atoms with Gasteiger partial charge in [-0.25, -0.2) is 4.79 Å². The van der Waals surface area contributed by atoms with Crippen LogP contribution in [0.25, 0.3) is 0 Å². The van der Waals surface area contributed by atoms with Gasteiger partial charge in [-0.15, -0.1) is 10.2 Å². The van der Waals surface area contributed by atoms with Crippen LogP contribution in [0.15, 0.2) is 30.6 Å². The number of anilines is 1. The molecule has 2 aliphatic rings. The van der Waals surface area contributed by atoms with Gasteiger partial charge in [0.1, 0.15) is 6.33 Å². The zero-order chi connectivity index (χ0) is 20.4. The summed E-state index contributed by atoms with van der Waals surface area (Å²) in [5, 5.41) is 11.1. The monoisotopic (exact) mass is 396 g/mol. The van der Waals surface area contributed by atoms with Gasteiger partial charge in [0.25, 0.3) is 5.91 Å². The number of likely N-dealkylation sites (tertiary alicyclic amines) is 2. The maximum Gasteiger partial charge on any atom is 0.322 e. The molecular formula is C21H28N6O2. The Morgan fingerprint density at radius 2 is 1.79 bits per heavy atom. The number of urea groups is 1. The van der Waals surface area contributed by atoms with Crippen molar-refractivity contribution >= 4 is 17.6 Å². The average molecular weight is 396 g/mol. The maximum absolute atomic E-state index is 12.8. The molecule has 0 aliphatic carbocycles. The molecule has 8 heteroatoms. The van der Waals surface area contributed by atoms with Crippen LogP contribution in [0.3, 0.4) is 0 Å². The number of amides is 3. The summed E-state index contributed by atoms with van der Waals surface area (Å²) in [6.07, 6.45) is 6.77. The van der Waals surface area contributed by atoms with Crippen LogP contribution in [0, 0.1) is 0 Å². The van der Waals surface area contributed by atoms with Gasteiger partial charge in [0.2, 0.25) is 0 Å². The molecule has 1 N–H and O–H groups in total. The number of aryl methyl sites for hydroxylation is 1. The molecule has 8 nitrogen and oxygen atoms in total. The standard InChI is InChI=1S/C21H28N6O2/c1-15-6-3-4-12-26(15)20(28)16-8-10-17(11-9-16)23-21(29)27-13-5-7-18(27)19-24-22-14-25(19)2/h8-11,14-15,18H,3-7,12-13H2,1-2H3,(H,23,29)/t15-,18+/m0/s1. The van der Waals surface area contributed by atoms with Gasteiger partial charge in [-0.1, -0.05) is 0 Å². The number of aromatic nitrogens is 3. The predicted molar refractivity (Wildman–Crippen MR) is 109 cm³/mol. The summed E-state index contributed by atoms with van der Waals surface area (Å²) in [6, 6.07) is 7.25. The quantitative estimate of drug-likeness (QED) is 0.864. The van der Waals surface area contributed by atoms with Gasteiger partial charge in [-0.05, 0) is 63.3 Å². The van der Waals surface area contributed by atoms with Gasteiger partial charge < -0.3 is 19.7 Å². The van der Waals surface area contributed by atoms with E-state index in [2.05, 4.69) is 22.4 Å². The van der Waals surface area contributed by atoms with Crippen LogP contribution in [0.2, 0.25) is 0 Å². The number of piperidine rings is 1. The van der Waals surface area contributed by atoms with E-state index < -0.39 is 0 Å². The maximum atomic E-state index is 12.8. The Morgan fingerprint density at radius 1 is 1.03 bits per heavy atom. The van der Waals surface area contributed by atoms with Crippen molar-refractivity contribution in [3.63, 3.8) is 0 Å². The smallest absolute Gasteiger partial charge is 0.322 e. The van der Waals surface area contributed by atoms with E-state index in [1.807, 2.05) is 16.5 Å². The first-order valence-corrected chi connectivity index (χ1v) is 10.4. The number of rotatable bonds is 3. The van der Waals surface area contributed by atoms with Crippen LogP contribution >= 0.6 is 0 Å². The van der Waals surface area contributed by atoms with Gasteiger partial charge in [0.05, 0.1) is 6.04 Å². The van der Waals surface area contributed by atoms with Crippen molar-refractivity contribution in [2.75, 3.05) is 18.4 Å². The van der Waals surface area contributed by atoms with E-state index in [4.69, 9.17) is 0 Å². The molecule has 0 saturated carbocycles. The molecule has 2 fully saturated rings. The van der Waals surface area contributed by atoms with Crippen molar-refractivity contribution in [1.82, 2.24) is 24.6 Å². The highest BCUT2D eigenvalue weighted by molar-refractivity contribution is 5.96. The summed E-state index contributed by atoms with van der Waals surface area (Å²) < 4.78 is 1.86. The minimum absolute atomic E-state index is 0.0658. The van der Waals surface area contributed by atoms with Crippen molar-refractivity contribution in [3.05, 3.63) is 42.0 Å². The van der Waals surface area contributed by atoms with E-state index in [1.165, 1.54) is 6.42 Å². The fourth-order valence-electron chi connectivity index (χ4n) is 4.33. The Kier molecular flexibility index (Phi) is 5.51. The summed E-state index contributed by atoms with van der Waals surface area (Å²) in [5.41, 5.74) is 1.34. The van der Waals surface area contributed by atoms with E-state index in [0.717, 1.165) is 38.1 Å². The Labute approximate surface area is 170 Å². The zero-order valence-electron chi connectivity index (χ0n) is 17.0. The number of carbonyl (C=O) groups is 2. The fourth-order valence-corrected chi connectivity index (χ4v) is 4.33. The van der Waals surface area contributed by atoms with E-state index in [1.54, 1.807) is 35.5 Å². The van der Waals surface area contributed by atoms with E-state index in [9.17, 15) is 9.59 Å². The van der Waals surface area contributed by atoms with Crippen LogP contribution in [0.5, 0.6) is 0 Å². The average Bonchev–Trinajstić information content (AvgIpc) is 3.37. The van der Waals surface area contributed by atoms with Crippen LogP contribution in [-0.4, -0.2) is 55.6 Å². The lowest BCUT2D eigenvalue weighted by Gasteiger charge is -2.33. The molecule has 2 aliphatic heterocycles. The van der Waals surface area contributed by atoms with Gasteiger partial charge in [0.15, 0.2) is 5.82 Å². The number of nitrogens with zero attached hydrogens (tertiary/aromatic N) is 5. The lowest BCUT2D eigenvalue weighted by molar-refractivity contribution is 0.0635. The number of carbonyl (C=O) groups excluding carboxylic acids is 2. The summed E-state index contributed by atoms with van der Waals surface area (Å²) >= 11 is 0. The number of hydrogen-bond donors (Lipinski definition) is 1. The molecule has 2 atom stereocenters. The second-order valence-electron chi connectivity index (χ2n) is 8.00. The second-order valence-corrected chi connectivity index (χ2v) is 8.00. The minimum atomic E-state index is -0.153. The number of nitrogens with one attached hydrogen (secondary N) is 1. The van der Waals surface area contributed by atoms with Crippen molar-refractivity contribution in [2.24, 2.45) is 7.05 Å². The number of hydrogen-bond acceptors (Lipinski definition) is 4. The van der Waals surface area contributed by atoms with Crippen LogP contribution < -0.4 is 5.32 Å². The van der Waals surface area contributed by atoms with E-state index in [-0.39, 0.29) is 24.0 Å². The molecule has 2 saturated heterocycles. The first-order valence-electron chi connectivity index (χ1n) is 10.4. The molecule has 0 unspecified atom stereocenters. The molecule has 2 aromatic rings. The van der Waals surface area contributed by atoms with Crippen LogP contribution in [0.1, 0.15) is 61.3 Å². The highest BCUT2D eigenvalue weighted by atomic mass is 16.2. The molecule has 1 aromatic heterocycles. The van der Waals surface area contributed by atoms with Crippen molar-refractivity contribution in [2.45, 2.75) is 51.1 Å². The zero-order valence-corrected chi connectivity index (χ0v) is 17.0. The third-order valence-corrected chi connectivity index (χ3v) is 6.01. The lowest BCUT2D eigenvalue weighted by Crippen LogP contribution is -2.42. The molecular weight excluding hydrogens is 368 g/mol. The molecule has 1 aromatic carbocycles. The molecule has 4 rings (SSSR count). The fraction of sp³-hybridized carbons (Fsp3) is 0.524. The largest absolute Gasteiger partial charge is 0.336 e. The molecule has 29 heavy (non-hydrogen) atoms. The predicted octanol–water partition coefficient (Wildman–Crippen LogP) is 3.20. The van der Waals surface area contributed by atoms with E-state index in [0.29, 0.717) is 17.8 Å². The third kappa shape index (κ3) is 3.97. The summed E-state index contributed by atoms with van der Waals surface area (Å²) in [6.45, 7) is 3.61. The van der Waals surface area contributed by atoms with Gasteiger partial charge in [-0.3, -0.25) is 4.79 Å². The minimum Gasteiger partial charge on any atom is -0.336 e. The highest BCUT2D eigenvalue weighted by Gasteiger charge is 2.33. The third-order valence-electron chi connectivity index (χ3n) is 6.01. The van der Waals surface area contributed by atoms with Gasteiger partial charge >= 0.3 is 6.03 Å². The Hall–Kier alpha value is -2.90. The normalized spacial score (nSPS) is 22.0. The Bertz CT molecular complexity index is 878.